The smallest absolute Gasteiger partial charge is 0.298 e. The summed E-state index contributed by atoms with van der Waals surface area (Å²) in [4.78, 5) is 30.7. The van der Waals surface area contributed by atoms with Crippen LogP contribution >= 0.6 is 0 Å². The maximum atomic E-state index is 15.1. The molecule has 11 heteroatoms. The van der Waals surface area contributed by atoms with Gasteiger partial charge in [-0.25, -0.2) is 0 Å². The SMILES string of the molecule is C[C@H]1Cn2ncc(C(=O)Nc3ccc(OC4CN(C)C4)c(C#N)c3)c2C(=O)N1c1ccc(C(F)(F)c2ccccc2)cc1. The first-order chi connectivity index (χ1) is 20.7. The minimum Gasteiger partial charge on any atom is -0.486 e. The van der Waals surface area contributed by atoms with Crippen LogP contribution in [0.1, 0.15) is 44.5 Å². The number of rotatable bonds is 7. The van der Waals surface area contributed by atoms with Crippen molar-refractivity contribution in [2.24, 2.45) is 0 Å². The number of hydrogen-bond donors (Lipinski definition) is 1. The molecule has 2 aliphatic heterocycles. The van der Waals surface area contributed by atoms with E-state index in [9.17, 15) is 14.9 Å². The number of anilines is 2. The number of likely N-dealkylation sites (N-methyl/N-ethyl adjacent to an activating group) is 1. The van der Waals surface area contributed by atoms with Crippen LogP contribution in [0.2, 0.25) is 0 Å². The van der Waals surface area contributed by atoms with Gasteiger partial charge in [0.25, 0.3) is 17.7 Å². The lowest BCUT2D eigenvalue weighted by Crippen LogP contribution is -2.51. The predicted molar refractivity (Wildman–Crippen MR) is 155 cm³/mol. The second-order valence-electron chi connectivity index (χ2n) is 10.8. The summed E-state index contributed by atoms with van der Waals surface area (Å²) in [6.07, 6.45) is 1.34. The second-order valence-corrected chi connectivity index (χ2v) is 10.8. The Morgan fingerprint density at radius 1 is 1.05 bits per heavy atom. The molecule has 0 unspecified atom stereocenters. The highest BCUT2D eigenvalue weighted by Gasteiger charge is 2.37. The fraction of sp³-hybridized carbons (Fsp3) is 0.250. The minimum atomic E-state index is -3.20. The predicted octanol–water partition coefficient (Wildman–Crippen LogP) is 4.89. The molecule has 4 aromatic rings. The van der Waals surface area contributed by atoms with Crippen LogP contribution < -0.4 is 15.0 Å². The molecule has 9 nitrogen and oxygen atoms in total. The van der Waals surface area contributed by atoms with Crippen molar-refractivity contribution in [1.29, 1.82) is 5.26 Å². The monoisotopic (exact) mass is 582 g/mol. The fourth-order valence-electron chi connectivity index (χ4n) is 5.47. The van der Waals surface area contributed by atoms with Gasteiger partial charge < -0.3 is 15.0 Å². The number of hydrogen-bond acceptors (Lipinski definition) is 6. The Balaban J connectivity index is 1.21. The van der Waals surface area contributed by atoms with Crippen LogP contribution in [-0.2, 0) is 12.5 Å². The first kappa shape index (κ1) is 28.1. The number of alkyl halides is 2. The molecule has 0 bridgehead atoms. The summed E-state index contributed by atoms with van der Waals surface area (Å²) in [7, 11) is 1.98. The molecule has 1 saturated heterocycles. The van der Waals surface area contributed by atoms with Gasteiger partial charge in [0.05, 0.1) is 29.9 Å². The summed E-state index contributed by atoms with van der Waals surface area (Å²) in [5, 5.41) is 16.6. The second kappa shape index (κ2) is 11.0. The maximum absolute atomic E-state index is 15.1. The van der Waals surface area contributed by atoms with Gasteiger partial charge in [-0.2, -0.15) is 19.1 Å². The lowest BCUT2D eigenvalue weighted by molar-refractivity contribution is 0.0386. The van der Waals surface area contributed by atoms with E-state index in [1.807, 2.05) is 14.0 Å². The zero-order valence-electron chi connectivity index (χ0n) is 23.5. The Morgan fingerprint density at radius 3 is 2.42 bits per heavy atom. The molecule has 1 atom stereocenters. The Kier molecular flexibility index (Phi) is 7.15. The first-order valence-corrected chi connectivity index (χ1v) is 13.8. The number of amides is 2. The third-order valence-corrected chi connectivity index (χ3v) is 7.71. The quantitative estimate of drug-likeness (QED) is 0.333. The van der Waals surface area contributed by atoms with Crippen molar-refractivity contribution in [3.63, 3.8) is 0 Å². The van der Waals surface area contributed by atoms with Gasteiger partial charge in [0.2, 0.25) is 0 Å². The summed E-state index contributed by atoms with van der Waals surface area (Å²) in [5.74, 6) is -3.81. The molecule has 2 amide bonds. The Labute approximate surface area is 246 Å². The molecular weight excluding hydrogens is 554 g/mol. The van der Waals surface area contributed by atoms with Gasteiger partial charge in [-0.1, -0.05) is 42.5 Å². The average Bonchev–Trinajstić information content (AvgIpc) is 3.42. The Hall–Kier alpha value is -5.08. The molecule has 1 N–H and O–H groups in total. The number of likely N-dealkylation sites (tertiary alicyclic amines) is 1. The summed E-state index contributed by atoms with van der Waals surface area (Å²) < 4.78 is 37.5. The third-order valence-electron chi connectivity index (χ3n) is 7.71. The average molecular weight is 583 g/mol. The van der Waals surface area contributed by atoms with Crippen LogP contribution in [0, 0.1) is 11.3 Å². The van der Waals surface area contributed by atoms with Crippen LogP contribution in [0.3, 0.4) is 0 Å². The molecule has 218 valence electrons. The molecule has 3 heterocycles. The van der Waals surface area contributed by atoms with Crippen molar-refractivity contribution in [2.75, 3.05) is 30.4 Å². The van der Waals surface area contributed by atoms with Crippen molar-refractivity contribution in [2.45, 2.75) is 31.5 Å². The Morgan fingerprint density at radius 2 is 1.74 bits per heavy atom. The fourth-order valence-corrected chi connectivity index (χ4v) is 5.47. The van der Waals surface area contributed by atoms with Crippen molar-refractivity contribution in [3.05, 3.63) is 107 Å². The van der Waals surface area contributed by atoms with E-state index in [1.165, 1.54) is 58.2 Å². The van der Waals surface area contributed by atoms with Crippen molar-refractivity contribution in [3.8, 4) is 11.8 Å². The van der Waals surface area contributed by atoms with Crippen LogP contribution in [0.5, 0.6) is 5.75 Å². The Bertz CT molecular complexity index is 1730. The number of nitrogens with zero attached hydrogens (tertiary/aromatic N) is 5. The molecule has 43 heavy (non-hydrogen) atoms. The highest BCUT2D eigenvalue weighted by Crippen LogP contribution is 2.37. The lowest BCUT2D eigenvalue weighted by atomic mass is 9.99. The zero-order chi connectivity index (χ0) is 30.3. The van der Waals surface area contributed by atoms with E-state index in [2.05, 4.69) is 21.4 Å². The molecule has 2 aliphatic rings. The molecule has 1 aromatic heterocycles. The molecule has 0 spiro atoms. The number of carbonyl (C=O) groups excluding carboxylic acids is 2. The van der Waals surface area contributed by atoms with Crippen LogP contribution in [0.25, 0.3) is 0 Å². The topological polar surface area (TPSA) is 103 Å². The highest BCUT2D eigenvalue weighted by atomic mass is 19.3. The van der Waals surface area contributed by atoms with Crippen LogP contribution in [0.15, 0.2) is 79.0 Å². The molecule has 3 aromatic carbocycles. The van der Waals surface area contributed by atoms with Crippen LogP contribution in [-0.4, -0.2) is 58.8 Å². The molecule has 6 rings (SSSR count). The van der Waals surface area contributed by atoms with E-state index >= 15 is 8.78 Å². The lowest BCUT2D eigenvalue weighted by Gasteiger charge is -2.36. The van der Waals surface area contributed by atoms with Gasteiger partial charge in [-0.3, -0.25) is 19.2 Å². The van der Waals surface area contributed by atoms with Gasteiger partial charge in [-0.05, 0) is 44.3 Å². The molecule has 0 aliphatic carbocycles. The highest BCUT2D eigenvalue weighted by molar-refractivity contribution is 6.15. The molecule has 0 radical (unpaired) electrons. The first-order valence-electron chi connectivity index (χ1n) is 13.8. The number of nitrogens with one attached hydrogen (secondary N) is 1. The van der Waals surface area contributed by atoms with Crippen molar-refractivity contribution >= 4 is 23.2 Å². The summed E-state index contributed by atoms with van der Waals surface area (Å²) in [5.41, 5.74) is 0.896. The largest absolute Gasteiger partial charge is 0.486 e. The van der Waals surface area contributed by atoms with Crippen molar-refractivity contribution in [1.82, 2.24) is 14.7 Å². The van der Waals surface area contributed by atoms with E-state index in [0.717, 1.165) is 13.1 Å². The number of fused-ring (bicyclic) bond motifs is 1. The normalized spacial score (nSPS) is 17.1. The zero-order valence-corrected chi connectivity index (χ0v) is 23.5. The van der Waals surface area contributed by atoms with Gasteiger partial charge in [0.1, 0.15) is 23.6 Å². The van der Waals surface area contributed by atoms with E-state index in [-0.39, 0.29) is 40.1 Å². The molecule has 1 fully saturated rings. The van der Waals surface area contributed by atoms with E-state index < -0.39 is 17.7 Å². The number of halogens is 2. The standard InChI is InChI=1S/C32H28F2N6O3/c1-20-17-39-29(31(42)40(20)25-11-8-23(9-12-25)32(33,34)22-6-4-3-5-7-22)27(16-36-39)30(41)37-24-10-13-28(21(14-24)15-35)43-26-18-38(2)19-26/h3-14,16,20,26H,17-19H2,1-2H3,(H,37,41)/t20-/m0/s1. The summed E-state index contributed by atoms with van der Waals surface area (Å²) in [6.45, 7) is 3.66. The van der Waals surface area contributed by atoms with Gasteiger partial charge in [-0.15, -0.1) is 0 Å². The number of aromatic nitrogens is 2. The van der Waals surface area contributed by atoms with E-state index in [1.54, 1.807) is 30.3 Å². The van der Waals surface area contributed by atoms with Crippen LogP contribution in [0.4, 0.5) is 20.2 Å². The maximum Gasteiger partial charge on any atom is 0.298 e. The minimum absolute atomic E-state index is 0.00406. The molecular formula is C32H28F2N6O3. The van der Waals surface area contributed by atoms with E-state index in [0.29, 0.717) is 23.7 Å². The number of ether oxygens (including phenoxy) is 1. The third kappa shape index (κ3) is 5.21. The number of carbonyl (C=O) groups is 2. The summed E-state index contributed by atoms with van der Waals surface area (Å²) in [6, 6.07) is 19.7. The number of nitriles is 1. The summed E-state index contributed by atoms with van der Waals surface area (Å²) >= 11 is 0. The van der Waals surface area contributed by atoms with Gasteiger partial charge >= 0.3 is 0 Å². The van der Waals surface area contributed by atoms with E-state index in [4.69, 9.17) is 4.74 Å². The van der Waals surface area contributed by atoms with Gasteiger partial charge in [0.15, 0.2) is 0 Å². The molecule has 0 saturated carbocycles. The number of benzene rings is 3. The van der Waals surface area contributed by atoms with Crippen molar-refractivity contribution < 1.29 is 23.1 Å². The van der Waals surface area contributed by atoms with Gasteiger partial charge in [0, 0.05) is 35.6 Å².